The topological polar surface area (TPSA) is 23.5 Å². The Morgan fingerprint density at radius 2 is 2.09 bits per heavy atom. The van der Waals surface area contributed by atoms with Crippen molar-refractivity contribution < 1.29 is 5.11 Å². The Labute approximate surface area is 69.2 Å². The van der Waals surface area contributed by atoms with E-state index in [0.29, 0.717) is 13.1 Å². The fourth-order valence-electron chi connectivity index (χ4n) is 0.956. The summed E-state index contributed by atoms with van der Waals surface area (Å²) >= 11 is 0. The first-order valence-electron chi connectivity index (χ1n) is 3.88. The summed E-state index contributed by atoms with van der Waals surface area (Å²) in [5, 5.41) is 9.44. The van der Waals surface area contributed by atoms with E-state index in [4.69, 9.17) is 6.42 Å². The smallest absolute Gasteiger partial charge is 0.0718 e. The summed E-state index contributed by atoms with van der Waals surface area (Å²) < 4.78 is 0. The molecule has 2 nitrogen and oxygen atoms in total. The second kappa shape index (κ2) is 4.38. The van der Waals surface area contributed by atoms with E-state index in [-0.39, 0.29) is 0 Å². The summed E-state index contributed by atoms with van der Waals surface area (Å²) in [5.41, 5.74) is -0.646. The van der Waals surface area contributed by atoms with Gasteiger partial charge in [-0.3, -0.25) is 4.90 Å². The first-order valence-corrected chi connectivity index (χ1v) is 3.88. The molecular formula is C9H17NO. The third-order valence-corrected chi connectivity index (χ3v) is 1.37. The van der Waals surface area contributed by atoms with Crippen LogP contribution in [0.2, 0.25) is 0 Å². The van der Waals surface area contributed by atoms with Crippen molar-refractivity contribution in [3.63, 3.8) is 0 Å². The van der Waals surface area contributed by atoms with Gasteiger partial charge in [0.25, 0.3) is 0 Å². The average molecular weight is 155 g/mol. The van der Waals surface area contributed by atoms with E-state index in [1.807, 2.05) is 11.8 Å². The summed E-state index contributed by atoms with van der Waals surface area (Å²) in [4.78, 5) is 2.03. The maximum Gasteiger partial charge on any atom is 0.0718 e. The van der Waals surface area contributed by atoms with Gasteiger partial charge in [-0.2, -0.15) is 0 Å². The first kappa shape index (κ1) is 10.5. The molecule has 0 radical (unpaired) electrons. The highest BCUT2D eigenvalue weighted by Gasteiger charge is 2.15. The number of likely N-dealkylation sites (N-methyl/N-ethyl adjacent to an activating group) is 1. The van der Waals surface area contributed by atoms with Crippen LogP contribution in [-0.2, 0) is 0 Å². The van der Waals surface area contributed by atoms with Crippen molar-refractivity contribution in [3.8, 4) is 12.3 Å². The van der Waals surface area contributed by atoms with Crippen molar-refractivity contribution in [1.29, 1.82) is 0 Å². The van der Waals surface area contributed by atoms with E-state index in [0.717, 1.165) is 6.54 Å². The molecule has 0 saturated heterocycles. The minimum absolute atomic E-state index is 0.612. The zero-order chi connectivity index (χ0) is 8.91. The molecule has 0 unspecified atom stereocenters. The van der Waals surface area contributed by atoms with Crippen LogP contribution in [0.1, 0.15) is 20.8 Å². The van der Waals surface area contributed by atoms with Crippen molar-refractivity contribution in [2.24, 2.45) is 0 Å². The molecule has 0 bridgehead atoms. The van der Waals surface area contributed by atoms with Crippen LogP contribution in [-0.4, -0.2) is 35.2 Å². The van der Waals surface area contributed by atoms with Crippen molar-refractivity contribution in [3.05, 3.63) is 0 Å². The monoisotopic (exact) mass is 155 g/mol. The van der Waals surface area contributed by atoms with Gasteiger partial charge in [0.15, 0.2) is 0 Å². The SMILES string of the molecule is C#CCN(CC)CC(C)(C)O. The molecule has 11 heavy (non-hydrogen) atoms. The summed E-state index contributed by atoms with van der Waals surface area (Å²) in [7, 11) is 0. The number of aliphatic hydroxyl groups is 1. The number of nitrogens with zero attached hydrogens (tertiary/aromatic N) is 1. The van der Waals surface area contributed by atoms with Gasteiger partial charge in [0.2, 0.25) is 0 Å². The number of terminal acetylenes is 1. The van der Waals surface area contributed by atoms with E-state index < -0.39 is 5.60 Å². The van der Waals surface area contributed by atoms with Crippen LogP contribution in [0.4, 0.5) is 0 Å². The second-order valence-electron chi connectivity index (χ2n) is 3.32. The van der Waals surface area contributed by atoms with Gasteiger partial charge in [0.1, 0.15) is 0 Å². The molecule has 0 saturated carbocycles. The summed E-state index contributed by atoms with van der Waals surface area (Å²) in [6.07, 6.45) is 5.15. The fourth-order valence-corrected chi connectivity index (χ4v) is 0.956. The van der Waals surface area contributed by atoms with Crippen LogP contribution in [0.3, 0.4) is 0 Å². The standard InChI is InChI=1S/C9H17NO/c1-5-7-10(6-2)8-9(3,4)11/h1,11H,6-8H2,2-4H3. The van der Waals surface area contributed by atoms with Gasteiger partial charge >= 0.3 is 0 Å². The number of rotatable bonds is 4. The second-order valence-corrected chi connectivity index (χ2v) is 3.32. The molecule has 0 spiro atoms. The molecule has 0 aliphatic heterocycles. The van der Waals surface area contributed by atoms with Gasteiger partial charge in [-0.1, -0.05) is 12.8 Å². The molecule has 0 aromatic rings. The van der Waals surface area contributed by atoms with Crippen molar-refractivity contribution in [2.75, 3.05) is 19.6 Å². The predicted octanol–water partition coefficient (Wildman–Crippen LogP) is 0.712. The van der Waals surface area contributed by atoms with Crippen LogP contribution >= 0.6 is 0 Å². The quantitative estimate of drug-likeness (QED) is 0.604. The largest absolute Gasteiger partial charge is 0.389 e. The van der Waals surface area contributed by atoms with Crippen LogP contribution in [0.5, 0.6) is 0 Å². The molecule has 0 rings (SSSR count). The highest BCUT2D eigenvalue weighted by Crippen LogP contribution is 2.03. The third-order valence-electron chi connectivity index (χ3n) is 1.37. The van der Waals surface area contributed by atoms with Crippen LogP contribution < -0.4 is 0 Å². The lowest BCUT2D eigenvalue weighted by Crippen LogP contribution is -2.38. The van der Waals surface area contributed by atoms with E-state index in [9.17, 15) is 5.11 Å². The van der Waals surface area contributed by atoms with Crippen molar-refractivity contribution in [1.82, 2.24) is 4.90 Å². The first-order chi connectivity index (χ1) is 4.99. The average Bonchev–Trinajstić information content (AvgIpc) is 1.84. The molecule has 0 atom stereocenters. The van der Waals surface area contributed by atoms with Gasteiger partial charge in [-0.15, -0.1) is 6.42 Å². The van der Waals surface area contributed by atoms with Crippen LogP contribution in [0.15, 0.2) is 0 Å². The maximum absolute atomic E-state index is 9.44. The molecule has 1 N–H and O–H groups in total. The lowest BCUT2D eigenvalue weighted by atomic mass is 10.1. The molecule has 0 fully saturated rings. The normalized spacial score (nSPS) is 11.6. The summed E-state index contributed by atoms with van der Waals surface area (Å²) in [6, 6.07) is 0. The molecule has 0 aromatic carbocycles. The Hall–Kier alpha value is -0.520. The predicted molar refractivity (Wildman–Crippen MR) is 47.2 cm³/mol. The molecule has 0 aliphatic rings. The third kappa shape index (κ3) is 5.90. The summed E-state index contributed by atoms with van der Waals surface area (Å²) in [5.74, 6) is 2.56. The molecule has 2 heteroatoms. The number of hydrogen-bond acceptors (Lipinski definition) is 2. The Balaban J connectivity index is 3.80. The highest BCUT2D eigenvalue weighted by molar-refractivity contribution is 4.89. The minimum atomic E-state index is -0.646. The lowest BCUT2D eigenvalue weighted by Gasteiger charge is -2.25. The molecule has 64 valence electrons. The zero-order valence-corrected chi connectivity index (χ0v) is 7.59. The highest BCUT2D eigenvalue weighted by atomic mass is 16.3. The molecule has 0 aliphatic carbocycles. The van der Waals surface area contributed by atoms with E-state index in [1.165, 1.54) is 0 Å². The van der Waals surface area contributed by atoms with E-state index >= 15 is 0 Å². The van der Waals surface area contributed by atoms with Gasteiger partial charge in [0, 0.05) is 6.54 Å². The molecular weight excluding hydrogens is 138 g/mol. The molecule has 0 amide bonds. The van der Waals surface area contributed by atoms with E-state index in [1.54, 1.807) is 13.8 Å². The zero-order valence-electron chi connectivity index (χ0n) is 7.59. The minimum Gasteiger partial charge on any atom is -0.389 e. The molecule has 0 aromatic heterocycles. The fraction of sp³-hybridized carbons (Fsp3) is 0.778. The van der Waals surface area contributed by atoms with Gasteiger partial charge in [0.05, 0.1) is 12.1 Å². The maximum atomic E-state index is 9.44. The van der Waals surface area contributed by atoms with Gasteiger partial charge in [-0.05, 0) is 20.4 Å². The van der Waals surface area contributed by atoms with Crippen LogP contribution in [0, 0.1) is 12.3 Å². The van der Waals surface area contributed by atoms with Crippen molar-refractivity contribution in [2.45, 2.75) is 26.4 Å². The molecule has 0 heterocycles. The van der Waals surface area contributed by atoms with Gasteiger partial charge < -0.3 is 5.11 Å². The lowest BCUT2D eigenvalue weighted by molar-refractivity contribution is 0.0422. The Kier molecular flexibility index (Phi) is 4.17. The Bertz CT molecular complexity index is 141. The van der Waals surface area contributed by atoms with Gasteiger partial charge in [-0.25, -0.2) is 0 Å². The number of hydrogen-bond donors (Lipinski definition) is 1. The van der Waals surface area contributed by atoms with Crippen molar-refractivity contribution >= 4 is 0 Å². The Morgan fingerprint density at radius 3 is 2.36 bits per heavy atom. The summed E-state index contributed by atoms with van der Waals surface area (Å²) in [6.45, 7) is 7.73. The van der Waals surface area contributed by atoms with E-state index in [2.05, 4.69) is 5.92 Å². The van der Waals surface area contributed by atoms with Crippen LogP contribution in [0.25, 0.3) is 0 Å². The Morgan fingerprint density at radius 1 is 1.55 bits per heavy atom.